The van der Waals surface area contributed by atoms with Crippen LogP contribution in [0.2, 0.25) is 0 Å². The highest BCUT2D eigenvalue weighted by Crippen LogP contribution is 2.25. The molecule has 1 amide bonds. The maximum Gasteiger partial charge on any atom is 0.262 e. The van der Waals surface area contributed by atoms with Gasteiger partial charge in [0.25, 0.3) is 11.8 Å². The van der Waals surface area contributed by atoms with Crippen LogP contribution >= 0.6 is 0 Å². The largest absolute Gasteiger partial charge is 0.484 e. The molecule has 1 aromatic heterocycles. The number of hydrogen-bond donors (Lipinski definition) is 1. The Morgan fingerprint density at radius 1 is 0.967 bits per heavy atom. The fourth-order valence-electron chi connectivity index (χ4n) is 3.01. The summed E-state index contributed by atoms with van der Waals surface area (Å²) >= 11 is 0. The van der Waals surface area contributed by atoms with Crippen molar-refractivity contribution in [2.24, 2.45) is 0 Å². The summed E-state index contributed by atoms with van der Waals surface area (Å²) in [7, 11) is 0. The molecule has 0 atom stereocenters. The first-order valence-electron chi connectivity index (χ1n) is 9.58. The Hall–Kier alpha value is -3.93. The summed E-state index contributed by atoms with van der Waals surface area (Å²) in [6.07, 6.45) is 0. The summed E-state index contributed by atoms with van der Waals surface area (Å²) in [6.45, 7) is 3.85. The molecule has 0 aliphatic heterocycles. The molecular formula is C24H21N3O3. The first kappa shape index (κ1) is 19.4. The normalized spacial score (nSPS) is 10.6. The number of para-hydroxylation sites is 1. The molecule has 150 valence electrons. The number of hydrogen-bond acceptors (Lipinski definition) is 5. The fourth-order valence-corrected chi connectivity index (χ4v) is 3.01. The SMILES string of the molecule is Cc1cccc(-c2nc(-c3cccc(OCC(=O)Nc4ccccc4C)c3)no2)c1. The van der Waals surface area contributed by atoms with E-state index in [0.29, 0.717) is 17.5 Å². The predicted octanol–water partition coefficient (Wildman–Crippen LogP) is 5.04. The topological polar surface area (TPSA) is 77.2 Å². The molecule has 0 aliphatic carbocycles. The van der Waals surface area contributed by atoms with Gasteiger partial charge in [-0.05, 0) is 49.7 Å². The van der Waals surface area contributed by atoms with Crippen molar-refractivity contribution in [2.75, 3.05) is 11.9 Å². The van der Waals surface area contributed by atoms with Crippen LogP contribution in [0.3, 0.4) is 0 Å². The second-order valence-electron chi connectivity index (χ2n) is 6.97. The van der Waals surface area contributed by atoms with Gasteiger partial charge >= 0.3 is 0 Å². The van der Waals surface area contributed by atoms with E-state index in [1.807, 2.05) is 74.5 Å². The summed E-state index contributed by atoms with van der Waals surface area (Å²) in [5.41, 5.74) is 4.50. The summed E-state index contributed by atoms with van der Waals surface area (Å²) in [5.74, 6) is 1.24. The second kappa shape index (κ2) is 8.61. The van der Waals surface area contributed by atoms with Crippen LogP contribution in [0.15, 0.2) is 77.3 Å². The van der Waals surface area contributed by atoms with Crippen molar-refractivity contribution < 1.29 is 14.1 Å². The van der Waals surface area contributed by atoms with Gasteiger partial charge in [0, 0.05) is 16.8 Å². The van der Waals surface area contributed by atoms with E-state index in [1.54, 1.807) is 12.1 Å². The van der Waals surface area contributed by atoms with Crippen molar-refractivity contribution >= 4 is 11.6 Å². The highest BCUT2D eigenvalue weighted by atomic mass is 16.5. The minimum Gasteiger partial charge on any atom is -0.484 e. The quantitative estimate of drug-likeness (QED) is 0.492. The Kier molecular flexibility index (Phi) is 5.57. The molecule has 1 N–H and O–H groups in total. The highest BCUT2D eigenvalue weighted by molar-refractivity contribution is 5.92. The zero-order valence-corrected chi connectivity index (χ0v) is 16.8. The minimum absolute atomic E-state index is 0.0986. The van der Waals surface area contributed by atoms with Gasteiger partial charge < -0.3 is 14.6 Å². The van der Waals surface area contributed by atoms with Gasteiger partial charge in [-0.1, -0.05) is 53.2 Å². The van der Waals surface area contributed by atoms with Gasteiger partial charge in [0.05, 0.1) is 0 Å². The number of carbonyl (C=O) groups excluding carboxylic acids is 1. The molecule has 0 fully saturated rings. The maximum atomic E-state index is 12.2. The Labute approximate surface area is 174 Å². The molecule has 0 bridgehead atoms. The highest BCUT2D eigenvalue weighted by Gasteiger charge is 2.12. The van der Waals surface area contributed by atoms with Gasteiger partial charge in [0.2, 0.25) is 5.82 Å². The zero-order chi connectivity index (χ0) is 20.9. The second-order valence-corrected chi connectivity index (χ2v) is 6.97. The number of aryl methyl sites for hydroxylation is 2. The van der Waals surface area contributed by atoms with E-state index in [2.05, 4.69) is 15.5 Å². The van der Waals surface area contributed by atoms with Crippen LogP contribution < -0.4 is 10.1 Å². The van der Waals surface area contributed by atoms with Gasteiger partial charge in [-0.3, -0.25) is 4.79 Å². The lowest BCUT2D eigenvalue weighted by Crippen LogP contribution is -2.20. The minimum atomic E-state index is -0.226. The third-order valence-electron chi connectivity index (χ3n) is 4.57. The first-order valence-corrected chi connectivity index (χ1v) is 9.58. The maximum absolute atomic E-state index is 12.2. The molecule has 4 aromatic rings. The van der Waals surface area contributed by atoms with E-state index in [1.165, 1.54) is 0 Å². The van der Waals surface area contributed by atoms with Crippen LogP contribution in [0.5, 0.6) is 5.75 Å². The molecule has 6 heteroatoms. The number of ether oxygens (including phenoxy) is 1. The summed E-state index contributed by atoms with van der Waals surface area (Å²) in [5, 5.41) is 6.92. The molecule has 0 spiro atoms. The number of benzene rings is 3. The lowest BCUT2D eigenvalue weighted by Gasteiger charge is -2.09. The van der Waals surface area contributed by atoms with Crippen LogP contribution in [0.4, 0.5) is 5.69 Å². The number of nitrogens with zero attached hydrogens (tertiary/aromatic N) is 2. The number of carbonyl (C=O) groups is 1. The Morgan fingerprint density at radius 2 is 1.77 bits per heavy atom. The molecule has 0 saturated carbocycles. The van der Waals surface area contributed by atoms with Gasteiger partial charge in [0.1, 0.15) is 5.75 Å². The number of anilines is 1. The third-order valence-corrected chi connectivity index (χ3v) is 4.57. The van der Waals surface area contributed by atoms with Gasteiger partial charge in [-0.25, -0.2) is 0 Å². The Balaban J connectivity index is 1.43. The Morgan fingerprint density at radius 3 is 2.60 bits per heavy atom. The molecule has 1 heterocycles. The number of amides is 1. The molecular weight excluding hydrogens is 378 g/mol. The van der Waals surface area contributed by atoms with E-state index in [4.69, 9.17) is 9.26 Å². The summed E-state index contributed by atoms with van der Waals surface area (Å²) in [6, 6.07) is 22.7. The smallest absolute Gasteiger partial charge is 0.262 e. The van der Waals surface area contributed by atoms with Crippen molar-refractivity contribution in [3.05, 3.63) is 83.9 Å². The predicted molar refractivity (Wildman–Crippen MR) is 115 cm³/mol. The van der Waals surface area contributed by atoms with Crippen LogP contribution in [0, 0.1) is 13.8 Å². The van der Waals surface area contributed by atoms with E-state index in [0.717, 1.165) is 27.9 Å². The van der Waals surface area contributed by atoms with Crippen LogP contribution in [0.1, 0.15) is 11.1 Å². The van der Waals surface area contributed by atoms with E-state index < -0.39 is 0 Å². The average molecular weight is 399 g/mol. The van der Waals surface area contributed by atoms with Gasteiger partial charge in [-0.2, -0.15) is 4.98 Å². The van der Waals surface area contributed by atoms with Crippen LogP contribution in [0.25, 0.3) is 22.8 Å². The molecule has 0 saturated heterocycles. The molecule has 0 aliphatic rings. The van der Waals surface area contributed by atoms with Crippen LogP contribution in [-0.4, -0.2) is 22.7 Å². The van der Waals surface area contributed by atoms with Crippen molar-refractivity contribution in [2.45, 2.75) is 13.8 Å². The number of rotatable bonds is 6. The zero-order valence-electron chi connectivity index (χ0n) is 16.8. The van der Waals surface area contributed by atoms with E-state index in [-0.39, 0.29) is 12.5 Å². The molecule has 4 rings (SSSR count). The third kappa shape index (κ3) is 4.55. The molecule has 6 nitrogen and oxygen atoms in total. The fraction of sp³-hybridized carbons (Fsp3) is 0.125. The van der Waals surface area contributed by atoms with Gasteiger partial charge in [-0.15, -0.1) is 0 Å². The lowest BCUT2D eigenvalue weighted by molar-refractivity contribution is -0.118. The monoisotopic (exact) mass is 399 g/mol. The molecule has 0 radical (unpaired) electrons. The standard InChI is InChI=1S/C24H21N3O3/c1-16-7-5-10-19(13-16)24-26-23(27-30-24)18-9-6-11-20(14-18)29-15-22(28)25-21-12-4-3-8-17(21)2/h3-14H,15H2,1-2H3,(H,25,28). The van der Waals surface area contributed by atoms with Gasteiger partial charge in [0.15, 0.2) is 6.61 Å². The van der Waals surface area contributed by atoms with Crippen molar-refractivity contribution in [1.82, 2.24) is 10.1 Å². The van der Waals surface area contributed by atoms with E-state index >= 15 is 0 Å². The number of nitrogens with one attached hydrogen (secondary N) is 1. The van der Waals surface area contributed by atoms with Crippen molar-refractivity contribution in [3.63, 3.8) is 0 Å². The molecule has 3 aromatic carbocycles. The lowest BCUT2D eigenvalue weighted by atomic mass is 10.1. The van der Waals surface area contributed by atoms with Crippen molar-refractivity contribution in [1.29, 1.82) is 0 Å². The first-order chi connectivity index (χ1) is 14.6. The van der Waals surface area contributed by atoms with Crippen LogP contribution in [-0.2, 0) is 4.79 Å². The summed E-state index contributed by atoms with van der Waals surface area (Å²) < 4.78 is 11.1. The summed E-state index contributed by atoms with van der Waals surface area (Å²) in [4.78, 5) is 16.7. The molecule has 0 unspecified atom stereocenters. The van der Waals surface area contributed by atoms with E-state index in [9.17, 15) is 4.79 Å². The average Bonchev–Trinajstić information content (AvgIpc) is 3.25. The number of aromatic nitrogens is 2. The molecule has 30 heavy (non-hydrogen) atoms. The Bertz CT molecular complexity index is 1180. The van der Waals surface area contributed by atoms with Crippen molar-refractivity contribution in [3.8, 4) is 28.6 Å².